The third-order valence-electron chi connectivity index (χ3n) is 2.35. The number of carbonyl (C=O) groups is 1. The molecule has 1 aromatic carbocycles. The minimum atomic E-state index is -0.507. The number of nitrogens with one attached hydrogen (secondary N) is 1. The van der Waals surface area contributed by atoms with Crippen LogP contribution in [0.4, 0.5) is 0 Å². The van der Waals surface area contributed by atoms with E-state index >= 15 is 0 Å². The lowest BCUT2D eigenvalue weighted by Gasteiger charge is -2.01. The molecule has 0 aliphatic carbocycles. The first-order chi connectivity index (χ1) is 9.19. The van der Waals surface area contributed by atoms with Crippen LogP contribution in [0, 0.1) is 0 Å². The Kier molecular flexibility index (Phi) is 4.51. The quantitative estimate of drug-likeness (QED) is 0.494. The molecule has 0 saturated carbocycles. The normalized spacial score (nSPS) is 10.4. The van der Waals surface area contributed by atoms with Gasteiger partial charge in [-0.3, -0.25) is 10.2 Å². The second kappa shape index (κ2) is 6.33. The maximum Gasteiger partial charge on any atom is 0.287 e. The van der Waals surface area contributed by atoms with Crippen LogP contribution < -0.4 is 11.3 Å². The fourth-order valence-electron chi connectivity index (χ4n) is 1.41. The maximum atomic E-state index is 11.1. The number of amides is 1. The molecular formula is C12H12ClN3O3. The van der Waals surface area contributed by atoms with Crippen LogP contribution in [0.3, 0.4) is 0 Å². The molecule has 0 aliphatic heterocycles. The van der Waals surface area contributed by atoms with Crippen LogP contribution in [-0.4, -0.2) is 11.1 Å². The summed E-state index contributed by atoms with van der Waals surface area (Å²) >= 11 is 5.78. The monoisotopic (exact) mass is 281 g/mol. The van der Waals surface area contributed by atoms with Gasteiger partial charge in [-0.05, 0) is 17.7 Å². The number of nitrogen functional groups attached to an aromatic ring is 1. The van der Waals surface area contributed by atoms with Gasteiger partial charge in [0.25, 0.3) is 5.91 Å². The molecule has 0 atom stereocenters. The molecule has 0 fully saturated rings. The molecule has 0 radical (unpaired) electrons. The zero-order valence-electron chi connectivity index (χ0n) is 9.93. The summed E-state index contributed by atoms with van der Waals surface area (Å²) in [7, 11) is 0. The third-order valence-corrected chi connectivity index (χ3v) is 2.60. The lowest BCUT2D eigenvalue weighted by atomic mass is 10.2. The van der Waals surface area contributed by atoms with E-state index < -0.39 is 5.91 Å². The van der Waals surface area contributed by atoms with Crippen molar-refractivity contribution in [2.24, 2.45) is 5.84 Å². The molecule has 100 valence electrons. The van der Waals surface area contributed by atoms with Gasteiger partial charge in [0.1, 0.15) is 6.61 Å². The average molecular weight is 282 g/mol. The number of hydrogen-bond donors (Lipinski definition) is 2. The fraction of sp³-hybridized carbons (Fsp3) is 0.167. The van der Waals surface area contributed by atoms with Crippen LogP contribution in [0.2, 0.25) is 5.02 Å². The standard InChI is InChI=1S/C12H12ClN3O3/c13-9-3-1-8(2-4-9)6-18-7-10-5-11(16-19-10)12(17)15-14/h1-5H,6-7,14H2,(H,15,17). The molecule has 1 heterocycles. The lowest BCUT2D eigenvalue weighted by molar-refractivity contribution is 0.0877. The Morgan fingerprint density at radius 2 is 2.11 bits per heavy atom. The number of aromatic nitrogens is 1. The highest BCUT2D eigenvalue weighted by atomic mass is 35.5. The van der Waals surface area contributed by atoms with Gasteiger partial charge in [-0.1, -0.05) is 28.9 Å². The predicted molar refractivity (Wildman–Crippen MR) is 68.1 cm³/mol. The number of benzene rings is 1. The molecular weight excluding hydrogens is 270 g/mol. The molecule has 7 heteroatoms. The van der Waals surface area contributed by atoms with Crippen molar-refractivity contribution in [3.63, 3.8) is 0 Å². The van der Waals surface area contributed by atoms with E-state index in [2.05, 4.69) is 5.16 Å². The van der Waals surface area contributed by atoms with Gasteiger partial charge in [0.2, 0.25) is 0 Å². The highest BCUT2D eigenvalue weighted by Crippen LogP contribution is 2.11. The van der Waals surface area contributed by atoms with Gasteiger partial charge >= 0.3 is 0 Å². The van der Waals surface area contributed by atoms with Crippen LogP contribution in [-0.2, 0) is 18.0 Å². The third kappa shape index (κ3) is 3.78. The van der Waals surface area contributed by atoms with Crippen LogP contribution in [0.1, 0.15) is 21.8 Å². The van der Waals surface area contributed by atoms with E-state index in [0.717, 1.165) is 5.56 Å². The first-order valence-electron chi connectivity index (χ1n) is 5.48. The Morgan fingerprint density at radius 1 is 1.37 bits per heavy atom. The number of nitrogens with two attached hydrogens (primary N) is 1. The number of halogens is 1. The molecule has 19 heavy (non-hydrogen) atoms. The Hall–Kier alpha value is -1.89. The van der Waals surface area contributed by atoms with E-state index in [0.29, 0.717) is 17.4 Å². The molecule has 0 aliphatic rings. The van der Waals surface area contributed by atoms with E-state index in [9.17, 15) is 4.79 Å². The van der Waals surface area contributed by atoms with Crippen molar-refractivity contribution in [1.82, 2.24) is 10.6 Å². The number of carbonyl (C=O) groups excluding carboxylic acids is 1. The summed E-state index contributed by atoms with van der Waals surface area (Å²) < 4.78 is 10.4. The number of rotatable bonds is 5. The summed E-state index contributed by atoms with van der Waals surface area (Å²) in [6, 6.07) is 8.80. The molecule has 3 N–H and O–H groups in total. The highest BCUT2D eigenvalue weighted by molar-refractivity contribution is 6.30. The van der Waals surface area contributed by atoms with Crippen molar-refractivity contribution in [1.29, 1.82) is 0 Å². The van der Waals surface area contributed by atoms with Gasteiger partial charge in [0, 0.05) is 11.1 Å². The molecule has 1 aromatic heterocycles. The van der Waals surface area contributed by atoms with Gasteiger partial charge in [-0.25, -0.2) is 5.84 Å². The van der Waals surface area contributed by atoms with Crippen molar-refractivity contribution < 1.29 is 14.1 Å². The second-order valence-corrected chi connectivity index (χ2v) is 4.21. The maximum absolute atomic E-state index is 11.1. The SMILES string of the molecule is NNC(=O)c1cc(COCc2ccc(Cl)cc2)on1. The number of hydrazine groups is 1. The summed E-state index contributed by atoms with van der Waals surface area (Å²) in [6.07, 6.45) is 0. The molecule has 0 bridgehead atoms. The zero-order chi connectivity index (χ0) is 13.7. The minimum absolute atomic E-state index is 0.118. The zero-order valence-corrected chi connectivity index (χ0v) is 10.7. The molecule has 0 saturated heterocycles. The van der Waals surface area contributed by atoms with Crippen LogP contribution in [0.25, 0.3) is 0 Å². The summed E-state index contributed by atoms with van der Waals surface area (Å²) in [4.78, 5) is 11.1. The second-order valence-electron chi connectivity index (χ2n) is 3.77. The number of nitrogens with zero attached hydrogens (tertiary/aromatic N) is 1. The van der Waals surface area contributed by atoms with Crippen molar-refractivity contribution in [3.8, 4) is 0 Å². The van der Waals surface area contributed by atoms with Gasteiger partial charge < -0.3 is 9.26 Å². The lowest BCUT2D eigenvalue weighted by Crippen LogP contribution is -2.30. The first kappa shape index (κ1) is 13.5. The minimum Gasteiger partial charge on any atom is -0.369 e. The van der Waals surface area contributed by atoms with E-state index in [1.165, 1.54) is 6.07 Å². The fourth-order valence-corrected chi connectivity index (χ4v) is 1.54. The number of ether oxygens (including phenoxy) is 1. The molecule has 1 amide bonds. The van der Waals surface area contributed by atoms with E-state index in [4.69, 9.17) is 26.7 Å². The summed E-state index contributed by atoms with van der Waals surface area (Å²) in [5.41, 5.74) is 3.07. The first-order valence-corrected chi connectivity index (χ1v) is 5.85. The van der Waals surface area contributed by atoms with Gasteiger partial charge in [-0.2, -0.15) is 0 Å². The topological polar surface area (TPSA) is 90.4 Å². The Morgan fingerprint density at radius 3 is 2.79 bits per heavy atom. The Balaban J connectivity index is 1.84. The van der Waals surface area contributed by atoms with Crippen molar-refractivity contribution in [3.05, 3.63) is 52.4 Å². The van der Waals surface area contributed by atoms with E-state index in [1.54, 1.807) is 12.1 Å². The van der Waals surface area contributed by atoms with Crippen LogP contribution in [0.5, 0.6) is 0 Å². The van der Waals surface area contributed by atoms with Crippen molar-refractivity contribution >= 4 is 17.5 Å². The van der Waals surface area contributed by atoms with Crippen molar-refractivity contribution in [2.45, 2.75) is 13.2 Å². The van der Waals surface area contributed by atoms with Crippen LogP contribution in [0.15, 0.2) is 34.9 Å². The van der Waals surface area contributed by atoms with Crippen LogP contribution >= 0.6 is 11.6 Å². The van der Waals surface area contributed by atoms with Crippen molar-refractivity contribution in [2.75, 3.05) is 0 Å². The largest absolute Gasteiger partial charge is 0.369 e. The summed E-state index contributed by atoms with van der Waals surface area (Å²) in [6.45, 7) is 0.629. The molecule has 2 rings (SSSR count). The molecule has 0 unspecified atom stereocenters. The molecule has 2 aromatic rings. The highest BCUT2D eigenvalue weighted by Gasteiger charge is 2.10. The Labute approximate surface area is 114 Å². The van der Waals surface area contributed by atoms with E-state index in [1.807, 2.05) is 17.6 Å². The molecule has 6 nitrogen and oxygen atoms in total. The number of hydrogen-bond acceptors (Lipinski definition) is 5. The smallest absolute Gasteiger partial charge is 0.287 e. The predicted octanol–water partition coefficient (Wildman–Crippen LogP) is 1.65. The Bertz CT molecular complexity index is 554. The summed E-state index contributed by atoms with van der Waals surface area (Å²) in [5.74, 6) is 4.92. The molecule has 0 spiro atoms. The van der Waals surface area contributed by atoms with E-state index in [-0.39, 0.29) is 12.3 Å². The van der Waals surface area contributed by atoms with Gasteiger partial charge in [0.05, 0.1) is 6.61 Å². The van der Waals surface area contributed by atoms with Gasteiger partial charge in [0.15, 0.2) is 11.5 Å². The average Bonchev–Trinajstić information content (AvgIpc) is 2.89. The van der Waals surface area contributed by atoms with Gasteiger partial charge in [-0.15, -0.1) is 0 Å². The summed E-state index contributed by atoms with van der Waals surface area (Å²) in [5, 5.41) is 4.24.